The van der Waals surface area contributed by atoms with Gasteiger partial charge in [-0.2, -0.15) is 0 Å². The van der Waals surface area contributed by atoms with Crippen LogP contribution >= 0.6 is 0 Å². The standard InChI is InChI=1S/C11H18N4O/c12-11(5-7-16-8-11)10-14-13-9-4-2-1-3-6-15(9)10/h1-8,12H2. The van der Waals surface area contributed by atoms with Crippen molar-refractivity contribution in [3.05, 3.63) is 11.6 Å². The molecule has 0 bridgehead atoms. The van der Waals surface area contributed by atoms with Gasteiger partial charge in [0, 0.05) is 19.6 Å². The lowest BCUT2D eigenvalue weighted by Gasteiger charge is -2.21. The first-order valence-corrected chi connectivity index (χ1v) is 6.09. The molecule has 1 fully saturated rings. The minimum absolute atomic E-state index is 0.407. The summed E-state index contributed by atoms with van der Waals surface area (Å²) in [5, 5.41) is 8.59. The monoisotopic (exact) mass is 222 g/mol. The molecule has 2 N–H and O–H groups in total. The number of fused-ring (bicyclic) bond motifs is 1. The highest BCUT2D eigenvalue weighted by Crippen LogP contribution is 2.28. The van der Waals surface area contributed by atoms with E-state index in [1.54, 1.807) is 0 Å². The molecule has 2 aliphatic rings. The normalized spacial score (nSPS) is 30.1. The summed E-state index contributed by atoms with van der Waals surface area (Å²) in [6.45, 7) is 2.32. The Balaban J connectivity index is 1.98. The molecule has 88 valence electrons. The minimum atomic E-state index is -0.407. The molecule has 3 heterocycles. The highest BCUT2D eigenvalue weighted by Gasteiger charge is 2.38. The van der Waals surface area contributed by atoms with Crippen LogP contribution in [0.2, 0.25) is 0 Å². The van der Waals surface area contributed by atoms with Crippen molar-refractivity contribution in [3.63, 3.8) is 0 Å². The Bertz CT molecular complexity index is 381. The molecule has 2 aliphatic heterocycles. The van der Waals surface area contributed by atoms with E-state index in [0.717, 1.165) is 37.6 Å². The van der Waals surface area contributed by atoms with Gasteiger partial charge < -0.3 is 15.0 Å². The van der Waals surface area contributed by atoms with E-state index in [9.17, 15) is 0 Å². The quantitative estimate of drug-likeness (QED) is 0.754. The summed E-state index contributed by atoms with van der Waals surface area (Å²) in [5.41, 5.74) is 5.94. The average molecular weight is 222 g/mol. The molecule has 5 heteroatoms. The van der Waals surface area contributed by atoms with E-state index in [-0.39, 0.29) is 0 Å². The first-order valence-electron chi connectivity index (χ1n) is 6.09. The largest absolute Gasteiger partial charge is 0.379 e. The third kappa shape index (κ3) is 1.55. The van der Waals surface area contributed by atoms with Gasteiger partial charge in [0.05, 0.1) is 6.61 Å². The average Bonchev–Trinajstić information content (AvgIpc) is 2.81. The van der Waals surface area contributed by atoms with E-state index in [2.05, 4.69) is 14.8 Å². The predicted octanol–water partition coefficient (Wildman–Crippen LogP) is 0.579. The SMILES string of the molecule is NC1(c2nnc3n2CCCCC3)CCOC1. The lowest BCUT2D eigenvalue weighted by Crippen LogP contribution is -2.40. The van der Waals surface area contributed by atoms with Crippen LogP contribution in [0.4, 0.5) is 0 Å². The van der Waals surface area contributed by atoms with Crippen molar-refractivity contribution in [2.75, 3.05) is 13.2 Å². The topological polar surface area (TPSA) is 66.0 Å². The Kier molecular flexibility index (Phi) is 2.44. The van der Waals surface area contributed by atoms with Crippen molar-refractivity contribution in [2.45, 2.75) is 44.2 Å². The van der Waals surface area contributed by atoms with Crippen LogP contribution in [0, 0.1) is 0 Å². The summed E-state index contributed by atoms with van der Waals surface area (Å²) in [7, 11) is 0. The Hall–Kier alpha value is -0.940. The molecule has 0 aromatic carbocycles. The third-order valence-electron chi connectivity index (χ3n) is 3.61. The molecule has 3 rings (SSSR count). The van der Waals surface area contributed by atoms with Crippen LogP contribution in [0.5, 0.6) is 0 Å². The van der Waals surface area contributed by atoms with Crippen molar-refractivity contribution in [1.29, 1.82) is 0 Å². The molecule has 1 saturated heterocycles. The van der Waals surface area contributed by atoms with Gasteiger partial charge in [0.2, 0.25) is 0 Å². The van der Waals surface area contributed by atoms with Crippen LogP contribution in [-0.4, -0.2) is 28.0 Å². The molecule has 0 aliphatic carbocycles. The summed E-state index contributed by atoms with van der Waals surface area (Å²) in [5.74, 6) is 2.03. The highest BCUT2D eigenvalue weighted by molar-refractivity contribution is 5.11. The number of nitrogens with zero attached hydrogens (tertiary/aromatic N) is 3. The molecule has 16 heavy (non-hydrogen) atoms. The summed E-state index contributed by atoms with van der Waals surface area (Å²) in [6, 6.07) is 0. The van der Waals surface area contributed by atoms with Crippen LogP contribution in [0.3, 0.4) is 0 Å². The molecular formula is C11H18N4O. The van der Waals surface area contributed by atoms with Gasteiger partial charge in [0.1, 0.15) is 11.4 Å². The number of hydrogen-bond acceptors (Lipinski definition) is 4. The number of ether oxygens (including phenoxy) is 1. The van der Waals surface area contributed by atoms with E-state index in [0.29, 0.717) is 6.61 Å². The molecule has 0 radical (unpaired) electrons. The van der Waals surface area contributed by atoms with Crippen LogP contribution in [0.15, 0.2) is 0 Å². The fraction of sp³-hybridized carbons (Fsp3) is 0.818. The number of aromatic nitrogens is 3. The lowest BCUT2D eigenvalue weighted by molar-refractivity contribution is 0.175. The molecule has 1 unspecified atom stereocenters. The van der Waals surface area contributed by atoms with E-state index in [4.69, 9.17) is 10.5 Å². The fourth-order valence-electron chi connectivity index (χ4n) is 2.61. The predicted molar refractivity (Wildman–Crippen MR) is 58.9 cm³/mol. The smallest absolute Gasteiger partial charge is 0.155 e. The van der Waals surface area contributed by atoms with Crippen molar-refractivity contribution >= 4 is 0 Å². The molecule has 0 amide bonds. The van der Waals surface area contributed by atoms with Crippen LogP contribution in [0.25, 0.3) is 0 Å². The third-order valence-corrected chi connectivity index (χ3v) is 3.61. The number of nitrogens with two attached hydrogens (primary N) is 1. The first-order chi connectivity index (χ1) is 7.80. The van der Waals surface area contributed by atoms with Gasteiger partial charge in [-0.25, -0.2) is 0 Å². The second-order valence-corrected chi connectivity index (χ2v) is 4.86. The Morgan fingerprint density at radius 2 is 2.19 bits per heavy atom. The minimum Gasteiger partial charge on any atom is -0.379 e. The van der Waals surface area contributed by atoms with E-state index >= 15 is 0 Å². The van der Waals surface area contributed by atoms with Gasteiger partial charge in [-0.15, -0.1) is 10.2 Å². The molecular weight excluding hydrogens is 204 g/mol. The number of hydrogen-bond donors (Lipinski definition) is 1. The van der Waals surface area contributed by atoms with Gasteiger partial charge in [-0.1, -0.05) is 6.42 Å². The van der Waals surface area contributed by atoms with Crippen LogP contribution in [-0.2, 0) is 23.2 Å². The van der Waals surface area contributed by atoms with Gasteiger partial charge in [0.15, 0.2) is 5.82 Å². The number of aryl methyl sites for hydroxylation is 1. The van der Waals surface area contributed by atoms with Crippen molar-refractivity contribution in [3.8, 4) is 0 Å². The molecule has 5 nitrogen and oxygen atoms in total. The zero-order chi connectivity index (χ0) is 11.0. The van der Waals surface area contributed by atoms with E-state index in [1.165, 1.54) is 19.3 Å². The van der Waals surface area contributed by atoms with Gasteiger partial charge in [0.25, 0.3) is 0 Å². The summed E-state index contributed by atoms with van der Waals surface area (Å²) >= 11 is 0. The van der Waals surface area contributed by atoms with Crippen molar-refractivity contribution in [1.82, 2.24) is 14.8 Å². The Morgan fingerprint density at radius 3 is 3.00 bits per heavy atom. The molecule has 0 saturated carbocycles. The highest BCUT2D eigenvalue weighted by atomic mass is 16.5. The zero-order valence-corrected chi connectivity index (χ0v) is 9.48. The summed E-state index contributed by atoms with van der Waals surface area (Å²) in [4.78, 5) is 0. The molecule has 1 atom stereocenters. The van der Waals surface area contributed by atoms with Gasteiger partial charge in [-0.3, -0.25) is 0 Å². The Morgan fingerprint density at radius 1 is 1.25 bits per heavy atom. The fourth-order valence-corrected chi connectivity index (χ4v) is 2.61. The van der Waals surface area contributed by atoms with Crippen molar-refractivity contribution in [2.24, 2.45) is 5.73 Å². The van der Waals surface area contributed by atoms with Gasteiger partial charge in [-0.05, 0) is 19.3 Å². The second-order valence-electron chi connectivity index (χ2n) is 4.86. The lowest BCUT2D eigenvalue weighted by atomic mass is 9.99. The maximum atomic E-state index is 6.35. The second kappa shape index (κ2) is 3.82. The first kappa shape index (κ1) is 10.2. The van der Waals surface area contributed by atoms with Crippen molar-refractivity contribution < 1.29 is 4.74 Å². The summed E-state index contributed by atoms with van der Waals surface area (Å²) in [6.07, 6.45) is 5.58. The number of rotatable bonds is 1. The molecule has 1 aromatic rings. The summed E-state index contributed by atoms with van der Waals surface area (Å²) < 4.78 is 7.62. The maximum Gasteiger partial charge on any atom is 0.155 e. The van der Waals surface area contributed by atoms with E-state index < -0.39 is 5.54 Å². The molecule has 1 aromatic heterocycles. The van der Waals surface area contributed by atoms with Gasteiger partial charge >= 0.3 is 0 Å². The zero-order valence-electron chi connectivity index (χ0n) is 9.48. The van der Waals surface area contributed by atoms with Crippen LogP contribution < -0.4 is 5.73 Å². The molecule has 0 spiro atoms. The van der Waals surface area contributed by atoms with Crippen LogP contribution in [0.1, 0.15) is 37.3 Å². The maximum absolute atomic E-state index is 6.35. The van der Waals surface area contributed by atoms with E-state index in [1.807, 2.05) is 0 Å². The Labute approximate surface area is 95.0 Å².